The van der Waals surface area contributed by atoms with Crippen molar-refractivity contribution in [2.24, 2.45) is 17.8 Å². The molecule has 1 aromatic heterocycles. The van der Waals surface area contributed by atoms with Crippen molar-refractivity contribution in [1.82, 2.24) is 4.98 Å². The molecule has 3 rings (SSSR count). The van der Waals surface area contributed by atoms with Gasteiger partial charge in [0, 0.05) is 24.5 Å². The lowest BCUT2D eigenvalue weighted by Gasteiger charge is -2.24. The number of methoxy groups -OCH3 is 1. The molecular weight excluding hydrogens is 341 g/mol. The van der Waals surface area contributed by atoms with E-state index in [1.165, 1.54) is 19.2 Å². The fraction of sp³-hybridized carbons (Fsp3) is 0.579. The number of rotatable bonds is 8. The average molecular weight is 363 g/mol. The number of hydrogen-bond acceptors (Lipinski definition) is 6. The maximum absolute atomic E-state index is 13.0. The molecular formula is C19H22FNO5. The number of halogens is 1. The summed E-state index contributed by atoms with van der Waals surface area (Å²) in [5.41, 5.74) is 0.584. The molecule has 6 nitrogen and oxygen atoms in total. The van der Waals surface area contributed by atoms with Crippen molar-refractivity contribution < 1.29 is 28.2 Å². The van der Waals surface area contributed by atoms with E-state index in [1.807, 2.05) is 0 Å². The van der Waals surface area contributed by atoms with Gasteiger partial charge in [-0.25, -0.2) is 4.39 Å². The molecule has 0 N–H and O–H groups in total. The molecule has 2 aliphatic carbocycles. The van der Waals surface area contributed by atoms with Gasteiger partial charge in [0.2, 0.25) is 0 Å². The predicted molar refractivity (Wildman–Crippen MR) is 89.2 cm³/mol. The first-order chi connectivity index (χ1) is 12.6. The third-order valence-electron chi connectivity index (χ3n) is 5.17. The van der Waals surface area contributed by atoms with E-state index in [9.17, 15) is 18.8 Å². The highest BCUT2D eigenvalue weighted by Gasteiger charge is 2.50. The Morgan fingerprint density at radius 2 is 1.88 bits per heavy atom. The molecule has 0 radical (unpaired) electrons. The van der Waals surface area contributed by atoms with Gasteiger partial charge in [-0.2, -0.15) is 0 Å². The Bertz CT molecular complexity index is 698. The summed E-state index contributed by atoms with van der Waals surface area (Å²) in [5, 5.41) is 0. The average Bonchev–Trinajstić information content (AvgIpc) is 3.11. The second-order valence-electron chi connectivity index (χ2n) is 6.78. The number of hydrogen-bond donors (Lipinski definition) is 0. The number of alkyl halides is 1. The van der Waals surface area contributed by atoms with Crippen LogP contribution < -0.4 is 0 Å². The van der Waals surface area contributed by atoms with Gasteiger partial charge in [0.15, 0.2) is 17.3 Å². The second-order valence-corrected chi connectivity index (χ2v) is 6.78. The zero-order chi connectivity index (χ0) is 18.7. The summed E-state index contributed by atoms with van der Waals surface area (Å²) < 4.78 is 23.3. The van der Waals surface area contributed by atoms with Gasteiger partial charge in [-0.05, 0) is 31.4 Å². The fourth-order valence-electron chi connectivity index (χ4n) is 3.79. The smallest absolute Gasteiger partial charge is 0.182 e. The highest BCUT2D eigenvalue weighted by molar-refractivity contribution is 6.26. The molecule has 2 saturated carbocycles. The Kier molecular flexibility index (Phi) is 5.88. The van der Waals surface area contributed by atoms with Gasteiger partial charge in [-0.3, -0.25) is 19.4 Å². The number of ether oxygens (including phenoxy) is 2. The number of carbonyl (C=O) groups is 3. The van der Waals surface area contributed by atoms with Crippen molar-refractivity contribution in [3.63, 3.8) is 0 Å². The van der Waals surface area contributed by atoms with E-state index < -0.39 is 18.4 Å². The minimum atomic E-state index is -1.25. The summed E-state index contributed by atoms with van der Waals surface area (Å²) in [4.78, 5) is 42.3. The molecule has 2 bridgehead atoms. The number of aromatic nitrogens is 1. The monoisotopic (exact) mass is 363 g/mol. The zero-order valence-electron chi connectivity index (χ0n) is 14.7. The molecule has 0 saturated heterocycles. The molecule has 2 aliphatic rings. The predicted octanol–water partition coefficient (Wildman–Crippen LogP) is 2.08. The van der Waals surface area contributed by atoms with Crippen molar-refractivity contribution in [2.75, 3.05) is 20.3 Å². The zero-order valence-corrected chi connectivity index (χ0v) is 14.7. The van der Waals surface area contributed by atoms with Crippen molar-refractivity contribution >= 4 is 17.3 Å². The molecule has 2 fully saturated rings. The van der Waals surface area contributed by atoms with E-state index in [4.69, 9.17) is 9.47 Å². The summed E-state index contributed by atoms with van der Waals surface area (Å²) in [6, 6.07) is 2.84. The van der Waals surface area contributed by atoms with Crippen molar-refractivity contribution in [3.8, 4) is 0 Å². The van der Waals surface area contributed by atoms with Crippen molar-refractivity contribution in [3.05, 3.63) is 29.1 Å². The molecule has 0 spiro atoms. The lowest BCUT2D eigenvalue weighted by molar-refractivity contribution is -0.137. The number of ketones is 3. The molecule has 2 atom stereocenters. The highest BCUT2D eigenvalue weighted by atomic mass is 19.1. The lowest BCUT2D eigenvalue weighted by atomic mass is 9.75. The molecule has 0 amide bonds. The summed E-state index contributed by atoms with van der Waals surface area (Å²) >= 11 is 0. The van der Waals surface area contributed by atoms with E-state index in [0.717, 1.165) is 0 Å². The van der Waals surface area contributed by atoms with E-state index in [0.29, 0.717) is 25.9 Å². The second kappa shape index (κ2) is 8.14. The molecule has 26 heavy (non-hydrogen) atoms. The van der Waals surface area contributed by atoms with Crippen LogP contribution in [0.4, 0.5) is 4.39 Å². The number of pyridine rings is 1. The van der Waals surface area contributed by atoms with E-state index in [1.54, 1.807) is 0 Å². The Morgan fingerprint density at radius 1 is 1.19 bits per heavy atom. The van der Waals surface area contributed by atoms with Gasteiger partial charge in [-0.15, -0.1) is 0 Å². The maximum Gasteiger partial charge on any atom is 0.182 e. The number of fused-ring (bicyclic) bond motifs is 2. The minimum Gasteiger partial charge on any atom is -0.382 e. The van der Waals surface area contributed by atoms with Gasteiger partial charge in [0.1, 0.15) is 12.6 Å². The fourth-order valence-corrected chi connectivity index (χ4v) is 3.79. The van der Waals surface area contributed by atoms with Crippen molar-refractivity contribution in [2.45, 2.75) is 32.5 Å². The molecule has 140 valence electrons. The Morgan fingerprint density at radius 3 is 2.50 bits per heavy atom. The van der Waals surface area contributed by atoms with E-state index in [-0.39, 0.29) is 53.6 Å². The molecule has 0 aliphatic heterocycles. The first kappa shape index (κ1) is 18.8. The van der Waals surface area contributed by atoms with Crippen LogP contribution in [0.3, 0.4) is 0 Å². The van der Waals surface area contributed by atoms with Crippen LogP contribution in [-0.4, -0.2) is 42.7 Å². The van der Waals surface area contributed by atoms with Gasteiger partial charge in [0.25, 0.3) is 0 Å². The standard InChI is InChI=1S/C19H22FNO5/c1-25-6-7-26-10-15-14(5-4-13(9-20)21-15)19(24)16-17(22)11-2-3-12(8-11)18(16)23/h4-5,11-12,16H,2-3,6-10H2,1H3. The van der Waals surface area contributed by atoms with Crippen LogP contribution in [0.1, 0.15) is 41.0 Å². The normalized spacial score (nSPS) is 24.9. The minimum absolute atomic E-state index is 0.0137. The van der Waals surface area contributed by atoms with Gasteiger partial charge >= 0.3 is 0 Å². The van der Waals surface area contributed by atoms with Gasteiger partial charge < -0.3 is 9.47 Å². The van der Waals surface area contributed by atoms with Crippen LogP contribution in [0.2, 0.25) is 0 Å². The molecule has 0 aromatic carbocycles. The van der Waals surface area contributed by atoms with E-state index >= 15 is 0 Å². The lowest BCUT2D eigenvalue weighted by Crippen LogP contribution is -2.41. The van der Waals surface area contributed by atoms with Crippen LogP contribution >= 0.6 is 0 Å². The van der Waals surface area contributed by atoms with Crippen molar-refractivity contribution in [1.29, 1.82) is 0 Å². The molecule has 1 heterocycles. The van der Waals surface area contributed by atoms with Gasteiger partial charge in [-0.1, -0.05) is 0 Å². The van der Waals surface area contributed by atoms with Gasteiger partial charge in [0.05, 0.1) is 31.2 Å². The molecule has 7 heteroatoms. The maximum atomic E-state index is 13.0. The first-order valence-electron chi connectivity index (χ1n) is 8.80. The van der Waals surface area contributed by atoms with Crippen LogP contribution in [0.25, 0.3) is 0 Å². The third-order valence-corrected chi connectivity index (χ3v) is 5.17. The topological polar surface area (TPSA) is 82.6 Å². The highest BCUT2D eigenvalue weighted by Crippen LogP contribution is 2.41. The number of Topliss-reactive ketones (excluding diaryl/α,β-unsaturated/α-hetero) is 3. The Hall–Kier alpha value is -1.99. The number of carbonyl (C=O) groups excluding carboxylic acids is 3. The largest absolute Gasteiger partial charge is 0.382 e. The Balaban J connectivity index is 1.85. The third kappa shape index (κ3) is 3.59. The SMILES string of the molecule is COCCOCc1nc(CF)ccc1C(=O)C1C(=O)C2CCC(C2)C1=O. The Labute approximate surface area is 151 Å². The quantitative estimate of drug-likeness (QED) is 0.400. The summed E-state index contributed by atoms with van der Waals surface area (Å²) in [5.74, 6) is -2.77. The molecule has 2 unspecified atom stereocenters. The van der Waals surface area contributed by atoms with E-state index in [2.05, 4.69) is 4.98 Å². The van der Waals surface area contributed by atoms with Crippen LogP contribution in [0, 0.1) is 17.8 Å². The number of nitrogens with zero attached hydrogens (tertiary/aromatic N) is 1. The summed E-state index contributed by atoms with van der Waals surface area (Å²) in [6.45, 7) is -0.128. The summed E-state index contributed by atoms with van der Waals surface area (Å²) in [7, 11) is 1.54. The van der Waals surface area contributed by atoms with Crippen LogP contribution in [0.5, 0.6) is 0 Å². The summed E-state index contributed by atoms with van der Waals surface area (Å²) in [6.07, 6.45) is 1.91. The van der Waals surface area contributed by atoms with Crippen LogP contribution in [-0.2, 0) is 32.3 Å². The first-order valence-corrected chi connectivity index (χ1v) is 8.80. The van der Waals surface area contributed by atoms with Crippen LogP contribution in [0.15, 0.2) is 12.1 Å². The molecule has 1 aromatic rings.